The number of rotatable bonds is 7. The van der Waals surface area contributed by atoms with Crippen LogP contribution in [0.1, 0.15) is 32.4 Å². The molecule has 118 valence electrons. The van der Waals surface area contributed by atoms with Gasteiger partial charge in [0.15, 0.2) is 0 Å². The van der Waals surface area contributed by atoms with Gasteiger partial charge in [-0.2, -0.15) is 0 Å². The molecule has 0 aliphatic carbocycles. The Morgan fingerprint density at radius 2 is 1.81 bits per heavy atom. The van der Waals surface area contributed by atoms with Gasteiger partial charge in [-0.3, -0.25) is 4.79 Å². The Labute approximate surface area is 126 Å². The molecular weight excluding hydrogens is 290 g/mol. The van der Waals surface area contributed by atoms with Crippen molar-refractivity contribution in [3.8, 4) is 0 Å². The van der Waals surface area contributed by atoms with Crippen molar-refractivity contribution in [2.45, 2.75) is 31.7 Å². The fourth-order valence-corrected chi connectivity index (χ4v) is 2.76. The Kier molecular flexibility index (Phi) is 5.49. The van der Waals surface area contributed by atoms with Crippen LogP contribution in [0.15, 0.2) is 29.2 Å². The average Bonchev–Trinajstić information content (AvgIpc) is 2.44. The predicted molar refractivity (Wildman–Crippen MR) is 82.1 cm³/mol. The number of carbonyl (C=O) groups excluding carboxylic acids is 1. The Hall–Kier alpha value is -1.44. The van der Waals surface area contributed by atoms with Gasteiger partial charge in [-0.1, -0.05) is 12.1 Å². The minimum absolute atomic E-state index is 0.0423. The largest absolute Gasteiger partial charge is 0.369 e. The molecule has 0 aliphatic heterocycles. The number of benzene rings is 1. The molecule has 1 aromatic carbocycles. The van der Waals surface area contributed by atoms with Gasteiger partial charge in [0.1, 0.15) is 0 Å². The molecule has 0 bridgehead atoms. The van der Waals surface area contributed by atoms with Gasteiger partial charge < -0.3 is 11.1 Å². The first-order chi connectivity index (χ1) is 9.60. The zero-order chi connectivity index (χ0) is 16.3. The van der Waals surface area contributed by atoms with Crippen LogP contribution >= 0.6 is 0 Å². The van der Waals surface area contributed by atoms with Gasteiger partial charge in [0.05, 0.1) is 10.3 Å². The highest BCUT2D eigenvalue weighted by Crippen LogP contribution is 2.17. The Balaban J connectivity index is 2.86. The fourth-order valence-electron chi connectivity index (χ4n) is 1.55. The second-order valence-electron chi connectivity index (χ2n) is 5.65. The molecule has 0 saturated heterocycles. The topological polar surface area (TPSA) is 101 Å². The Morgan fingerprint density at radius 1 is 1.29 bits per heavy atom. The first-order valence-corrected chi connectivity index (χ1v) is 8.15. The summed E-state index contributed by atoms with van der Waals surface area (Å²) in [5.41, 5.74) is 5.28. The zero-order valence-corrected chi connectivity index (χ0v) is 13.6. The average molecular weight is 313 g/mol. The summed E-state index contributed by atoms with van der Waals surface area (Å²) in [6, 6.07) is 6.75. The molecule has 1 amide bonds. The SMILES string of the molecule is CNC(C)c1ccc(S(=O)(=O)NCC(C)(C)C(N)=O)cc1. The Morgan fingerprint density at radius 3 is 2.24 bits per heavy atom. The molecule has 7 heteroatoms. The van der Waals surface area contributed by atoms with Crippen LogP contribution in [0.25, 0.3) is 0 Å². The smallest absolute Gasteiger partial charge is 0.240 e. The molecule has 0 saturated carbocycles. The number of hydrogen-bond donors (Lipinski definition) is 3. The number of nitrogens with one attached hydrogen (secondary N) is 2. The first kappa shape index (κ1) is 17.6. The number of hydrogen-bond acceptors (Lipinski definition) is 4. The van der Waals surface area contributed by atoms with E-state index in [1.54, 1.807) is 38.1 Å². The van der Waals surface area contributed by atoms with Gasteiger partial charge in [0.2, 0.25) is 15.9 Å². The molecule has 0 radical (unpaired) electrons. The van der Waals surface area contributed by atoms with Gasteiger partial charge in [-0.05, 0) is 45.5 Å². The van der Waals surface area contributed by atoms with E-state index >= 15 is 0 Å². The van der Waals surface area contributed by atoms with E-state index < -0.39 is 21.3 Å². The maximum atomic E-state index is 12.2. The lowest BCUT2D eigenvalue weighted by atomic mass is 9.93. The second kappa shape index (κ2) is 6.55. The quantitative estimate of drug-likeness (QED) is 0.691. The van der Waals surface area contributed by atoms with E-state index in [9.17, 15) is 13.2 Å². The highest BCUT2D eigenvalue weighted by molar-refractivity contribution is 7.89. The number of primary amides is 1. The van der Waals surface area contributed by atoms with Crippen molar-refractivity contribution < 1.29 is 13.2 Å². The van der Waals surface area contributed by atoms with Gasteiger partial charge >= 0.3 is 0 Å². The summed E-state index contributed by atoms with van der Waals surface area (Å²) in [6.45, 7) is 5.13. The molecule has 0 heterocycles. The standard InChI is InChI=1S/C14H23N3O3S/c1-10(16-4)11-5-7-12(8-6-11)21(19,20)17-9-14(2,3)13(15)18/h5-8,10,16-17H,9H2,1-4H3,(H2,15,18). The van der Waals surface area contributed by atoms with Gasteiger partial charge in [0.25, 0.3) is 0 Å². The van der Waals surface area contributed by atoms with E-state index in [0.29, 0.717) is 0 Å². The molecule has 0 spiro atoms. The molecule has 1 atom stereocenters. The summed E-state index contributed by atoms with van der Waals surface area (Å²) in [6.07, 6.45) is 0. The van der Waals surface area contributed by atoms with Crippen LogP contribution in [-0.2, 0) is 14.8 Å². The van der Waals surface area contributed by atoms with E-state index in [4.69, 9.17) is 5.73 Å². The molecular formula is C14H23N3O3S. The van der Waals surface area contributed by atoms with E-state index in [1.807, 2.05) is 14.0 Å². The fraction of sp³-hybridized carbons (Fsp3) is 0.500. The third-order valence-corrected chi connectivity index (χ3v) is 4.91. The maximum absolute atomic E-state index is 12.2. The molecule has 0 aliphatic rings. The van der Waals surface area contributed by atoms with E-state index in [1.165, 1.54) is 0 Å². The lowest BCUT2D eigenvalue weighted by Gasteiger charge is -2.20. The number of sulfonamides is 1. The normalized spacial score (nSPS) is 13.9. The molecule has 6 nitrogen and oxygen atoms in total. The molecule has 1 rings (SSSR count). The lowest BCUT2D eigenvalue weighted by Crippen LogP contribution is -2.42. The predicted octanol–water partition coefficient (Wildman–Crippen LogP) is 0.757. The van der Waals surface area contributed by atoms with Crippen molar-refractivity contribution >= 4 is 15.9 Å². The van der Waals surface area contributed by atoms with Gasteiger partial charge in [-0.25, -0.2) is 13.1 Å². The van der Waals surface area contributed by atoms with E-state index in [2.05, 4.69) is 10.0 Å². The van der Waals surface area contributed by atoms with Gasteiger partial charge in [-0.15, -0.1) is 0 Å². The molecule has 0 fully saturated rings. The molecule has 4 N–H and O–H groups in total. The molecule has 0 aromatic heterocycles. The minimum atomic E-state index is -3.65. The van der Waals surface area contributed by atoms with Crippen molar-refractivity contribution in [3.63, 3.8) is 0 Å². The van der Waals surface area contributed by atoms with E-state index in [0.717, 1.165) is 5.56 Å². The highest BCUT2D eigenvalue weighted by Gasteiger charge is 2.27. The lowest BCUT2D eigenvalue weighted by molar-refractivity contribution is -0.125. The monoisotopic (exact) mass is 313 g/mol. The van der Waals surface area contributed by atoms with Crippen molar-refractivity contribution in [1.29, 1.82) is 0 Å². The van der Waals surface area contributed by atoms with Crippen molar-refractivity contribution in [1.82, 2.24) is 10.0 Å². The third-order valence-electron chi connectivity index (χ3n) is 3.49. The summed E-state index contributed by atoms with van der Waals surface area (Å²) in [5, 5.41) is 3.08. The van der Waals surface area contributed by atoms with Crippen LogP contribution in [0.4, 0.5) is 0 Å². The van der Waals surface area contributed by atoms with Gasteiger partial charge in [0, 0.05) is 12.6 Å². The summed E-state index contributed by atoms with van der Waals surface area (Å²) in [7, 11) is -1.82. The van der Waals surface area contributed by atoms with Crippen LogP contribution in [0.5, 0.6) is 0 Å². The maximum Gasteiger partial charge on any atom is 0.240 e. The van der Waals surface area contributed by atoms with Crippen molar-refractivity contribution in [3.05, 3.63) is 29.8 Å². The summed E-state index contributed by atoms with van der Waals surface area (Å²) >= 11 is 0. The second-order valence-corrected chi connectivity index (χ2v) is 7.42. The van der Waals surface area contributed by atoms with Crippen molar-refractivity contribution in [2.75, 3.05) is 13.6 Å². The van der Waals surface area contributed by atoms with Crippen LogP contribution < -0.4 is 15.8 Å². The summed E-state index contributed by atoms with van der Waals surface area (Å²) in [4.78, 5) is 11.4. The highest BCUT2D eigenvalue weighted by atomic mass is 32.2. The van der Waals surface area contributed by atoms with Crippen LogP contribution in [-0.4, -0.2) is 27.9 Å². The summed E-state index contributed by atoms with van der Waals surface area (Å²) < 4.78 is 26.8. The van der Waals surface area contributed by atoms with Crippen LogP contribution in [0, 0.1) is 5.41 Å². The number of carbonyl (C=O) groups is 1. The van der Waals surface area contributed by atoms with E-state index in [-0.39, 0.29) is 17.5 Å². The number of nitrogens with two attached hydrogens (primary N) is 1. The molecule has 1 unspecified atom stereocenters. The third kappa shape index (κ3) is 4.52. The number of amides is 1. The zero-order valence-electron chi connectivity index (χ0n) is 12.8. The first-order valence-electron chi connectivity index (χ1n) is 6.67. The van der Waals surface area contributed by atoms with Crippen LogP contribution in [0.3, 0.4) is 0 Å². The Bertz CT molecular complexity index is 594. The van der Waals surface area contributed by atoms with Crippen LogP contribution in [0.2, 0.25) is 0 Å². The molecule has 21 heavy (non-hydrogen) atoms. The summed E-state index contributed by atoms with van der Waals surface area (Å²) in [5.74, 6) is -0.552. The molecule has 1 aromatic rings. The minimum Gasteiger partial charge on any atom is -0.369 e. The van der Waals surface area contributed by atoms with Crippen molar-refractivity contribution in [2.24, 2.45) is 11.1 Å².